The van der Waals surface area contributed by atoms with Gasteiger partial charge in [0.05, 0.1) is 10.8 Å². The van der Waals surface area contributed by atoms with Crippen molar-refractivity contribution in [3.8, 4) is 0 Å². The summed E-state index contributed by atoms with van der Waals surface area (Å²) in [7, 11) is -3.30. The van der Waals surface area contributed by atoms with E-state index >= 15 is 0 Å². The molecule has 0 unspecified atom stereocenters. The number of sulfone groups is 1. The molecule has 0 bridgehead atoms. The van der Waals surface area contributed by atoms with Crippen LogP contribution < -0.4 is 5.32 Å². The molecule has 1 saturated carbocycles. The molecule has 1 fully saturated rings. The average Bonchev–Trinajstić information content (AvgIpc) is 2.86. The lowest BCUT2D eigenvalue weighted by Gasteiger charge is -2.17. The molecule has 0 aromatic heterocycles. The van der Waals surface area contributed by atoms with Crippen molar-refractivity contribution in [2.45, 2.75) is 30.2 Å². The maximum absolute atomic E-state index is 12.1. The average molecular weight is 311 g/mol. The Balaban J connectivity index is 2.09. The second kappa shape index (κ2) is 5.85. The molecular weight excluding hydrogens is 294 g/mol. The molecule has 21 heavy (non-hydrogen) atoms. The Hall–Kier alpha value is -1.89. The van der Waals surface area contributed by atoms with Crippen LogP contribution in [0.15, 0.2) is 29.2 Å². The Kier molecular flexibility index (Phi) is 4.32. The van der Waals surface area contributed by atoms with E-state index in [1.54, 1.807) is 0 Å². The molecule has 0 spiro atoms. The molecule has 7 heteroatoms. The third kappa shape index (κ3) is 3.60. The van der Waals surface area contributed by atoms with E-state index < -0.39 is 21.7 Å². The standard InChI is InChI=1S/C14H17NO5S/c1-21(19,20)10-7-5-9(6-8-10)13(16)15-12-4-2-3-11(12)14(17)18/h5-8,11-12H,2-4H2,1H3,(H,15,16)(H,17,18)/t11-,12+/m0/s1. The van der Waals surface area contributed by atoms with Crippen LogP contribution in [-0.4, -0.2) is 37.7 Å². The molecule has 1 amide bonds. The van der Waals surface area contributed by atoms with Crippen molar-refractivity contribution in [2.75, 3.05) is 6.26 Å². The van der Waals surface area contributed by atoms with Crippen LogP contribution in [0.25, 0.3) is 0 Å². The van der Waals surface area contributed by atoms with Crippen molar-refractivity contribution in [2.24, 2.45) is 5.92 Å². The number of benzene rings is 1. The molecule has 2 N–H and O–H groups in total. The summed E-state index contributed by atoms with van der Waals surface area (Å²) in [5, 5.41) is 11.8. The number of carboxylic acids is 1. The summed E-state index contributed by atoms with van der Waals surface area (Å²) in [4.78, 5) is 23.3. The molecule has 1 aliphatic rings. The van der Waals surface area contributed by atoms with Crippen LogP contribution >= 0.6 is 0 Å². The van der Waals surface area contributed by atoms with E-state index in [1.165, 1.54) is 24.3 Å². The lowest BCUT2D eigenvalue weighted by Crippen LogP contribution is -2.40. The Morgan fingerprint density at radius 3 is 2.33 bits per heavy atom. The van der Waals surface area contributed by atoms with Gasteiger partial charge in [-0.3, -0.25) is 9.59 Å². The quantitative estimate of drug-likeness (QED) is 0.866. The lowest BCUT2D eigenvalue weighted by molar-refractivity contribution is -0.142. The second-order valence-corrected chi connectivity index (χ2v) is 7.27. The third-order valence-corrected chi connectivity index (χ3v) is 4.82. The second-order valence-electron chi connectivity index (χ2n) is 5.25. The van der Waals surface area contributed by atoms with Crippen LogP contribution in [0.5, 0.6) is 0 Å². The van der Waals surface area contributed by atoms with Gasteiger partial charge in [-0.05, 0) is 37.1 Å². The van der Waals surface area contributed by atoms with E-state index in [0.29, 0.717) is 18.4 Å². The fourth-order valence-corrected chi connectivity index (χ4v) is 3.16. The summed E-state index contributed by atoms with van der Waals surface area (Å²) in [5.74, 6) is -1.83. The minimum Gasteiger partial charge on any atom is -0.481 e. The van der Waals surface area contributed by atoms with Crippen LogP contribution in [0.1, 0.15) is 29.6 Å². The number of hydrogen-bond donors (Lipinski definition) is 2. The molecule has 1 aliphatic carbocycles. The monoisotopic (exact) mass is 311 g/mol. The van der Waals surface area contributed by atoms with Gasteiger partial charge >= 0.3 is 5.97 Å². The molecule has 6 nitrogen and oxygen atoms in total. The van der Waals surface area contributed by atoms with Gasteiger partial charge in [-0.15, -0.1) is 0 Å². The number of nitrogens with one attached hydrogen (secondary N) is 1. The number of aliphatic carboxylic acids is 1. The predicted molar refractivity (Wildman–Crippen MR) is 75.8 cm³/mol. The van der Waals surface area contributed by atoms with Crippen LogP contribution in [0.4, 0.5) is 0 Å². The summed E-state index contributed by atoms with van der Waals surface area (Å²) in [6, 6.07) is 5.22. The lowest BCUT2D eigenvalue weighted by atomic mass is 10.0. The number of amides is 1. The van der Waals surface area contributed by atoms with E-state index in [2.05, 4.69) is 5.32 Å². The van der Waals surface area contributed by atoms with Gasteiger partial charge in [0.1, 0.15) is 0 Å². The molecular formula is C14H17NO5S. The third-order valence-electron chi connectivity index (χ3n) is 3.69. The highest BCUT2D eigenvalue weighted by Gasteiger charge is 2.33. The number of carboxylic acid groups (broad SMARTS) is 1. The molecule has 0 aliphatic heterocycles. The first kappa shape index (κ1) is 15.5. The van der Waals surface area contributed by atoms with Crippen LogP contribution in [-0.2, 0) is 14.6 Å². The summed E-state index contributed by atoms with van der Waals surface area (Å²) < 4.78 is 22.7. The van der Waals surface area contributed by atoms with Crippen molar-refractivity contribution in [3.05, 3.63) is 29.8 Å². The largest absolute Gasteiger partial charge is 0.481 e. The summed E-state index contributed by atoms with van der Waals surface area (Å²) in [5.41, 5.74) is 0.318. The zero-order valence-electron chi connectivity index (χ0n) is 11.6. The topological polar surface area (TPSA) is 101 Å². The molecule has 0 saturated heterocycles. The van der Waals surface area contributed by atoms with Gasteiger partial charge in [0.2, 0.25) is 0 Å². The predicted octanol–water partition coefficient (Wildman–Crippen LogP) is 1.07. The fraction of sp³-hybridized carbons (Fsp3) is 0.429. The van der Waals surface area contributed by atoms with Crippen molar-refractivity contribution in [1.82, 2.24) is 5.32 Å². The van der Waals surface area contributed by atoms with Crippen LogP contribution in [0.2, 0.25) is 0 Å². The van der Waals surface area contributed by atoms with Crippen LogP contribution in [0.3, 0.4) is 0 Å². The molecule has 2 atom stereocenters. The van der Waals surface area contributed by atoms with Gasteiger partial charge in [-0.2, -0.15) is 0 Å². The van der Waals surface area contributed by atoms with Gasteiger partial charge < -0.3 is 10.4 Å². The van der Waals surface area contributed by atoms with E-state index in [0.717, 1.165) is 12.7 Å². The fourth-order valence-electron chi connectivity index (χ4n) is 2.53. The molecule has 0 heterocycles. The Bertz CT molecular complexity index is 650. The molecule has 2 rings (SSSR count). The van der Waals surface area contributed by atoms with Gasteiger partial charge in [-0.1, -0.05) is 6.42 Å². The normalized spacial score (nSPS) is 22.0. The van der Waals surface area contributed by atoms with Gasteiger partial charge in [0.15, 0.2) is 9.84 Å². The van der Waals surface area contributed by atoms with E-state index in [-0.39, 0.29) is 16.8 Å². The highest BCUT2D eigenvalue weighted by atomic mass is 32.2. The number of hydrogen-bond acceptors (Lipinski definition) is 4. The molecule has 1 aromatic carbocycles. The first-order chi connectivity index (χ1) is 9.79. The summed E-state index contributed by atoms with van der Waals surface area (Å²) in [6.45, 7) is 0. The SMILES string of the molecule is CS(=O)(=O)c1ccc(C(=O)N[C@@H]2CCC[C@@H]2C(=O)O)cc1. The van der Waals surface area contributed by atoms with E-state index in [9.17, 15) is 18.0 Å². The first-order valence-electron chi connectivity index (χ1n) is 6.63. The minimum atomic E-state index is -3.30. The highest BCUT2D eigenvalue weighted by molar-refractivity contribution is 7.90. The van der Waals surface area contributed by atoms with Crippen molar-refractivity contribution >= 4 is 21.7 Å². The zero-order valence-corrected chi connectivity index (χ0v) is 12.4. The Morgan fingerprint density at radius 2 is 1.81 bits per heavy atom. The van der Waals surface area contributed by atoms with E-state index in [4.69, 9.17) is 5.11 Å². The first-order valence-corrected chi connectivity index (χ1v) is 8.52. The summed E-state index contributed by atoms with van der Waals surface area (Å²) >= 11 is 0. The van der Waals surface area contributed by atoms with Crippen molar-refractivity contribution in [1.29, 1.82) is 0 Å². The number of carbonyl (C=O) groups is 2. The number of rotatable bonds is 4. The Morgan fingerprint density at radius 1 is 1.19 bits per heavy atom. The minimum absolute atomic E-state index is 0.142. The van der Waals surface area contributed by atoms with Gasteiger partial charge in [-0.25, -0.2) is 8.42 Å². The van der Waals surface area contributed by atoms with Crippen LogP contribution in [0, 0.1) is 5.92 Å². The van der Waals surface area contributed by atoms with Crippen molar-refractivity contribution in [3.63, 3.8) is 0 Å². The number of carbonyl (C=O) groups excluding carboxylic acids is 1. The molecule has 0 radical (unpaired) electrons. The smallest absolute Gasteiger partial charge is 0.308 e. The van der Waals surface area contributed by atoms with Crippen molar-refractivity contribution < 1.29 is 23.1 Å². The van der Waals surface area contributed by atoms with Gasteiger partial charge in [0.25, 0.3) is 5.91 Å². The van der Waals surface area contributed by atoms with Gasteiger partial charge in [0, 0.05) is 17.9 Å². The maximum Gasteiger partial charge on any atom is 0.308 e. The highest BCUT2D eigenvalue weighted by Crippen LogP contribution is 2.26. The Labute approximate surface area is 123 Å². The molecule has 1 aromatic rings. The molecule has 114 valence electrons. The maximum atomic E-state index is 12.1. The zero-order chi connectivity index (χ0) is 15.6. The van der Waals surface area contributed by atoms with E-state index in [1.807, 2.05) is 0 Å². The summed E-state index contributed by atoms with van der Waals surface area (Å²) in [6.07, 6.45) is 3.07.